The molecule has 1 aliphatic heterocycles. The highest BCUT2D eigenvalue weighted by molar-refractivity contribution is 6.31. The molecular weight excluding hydrogens is 444 g/mol. The largest absolute Gasteiger partial charge is 0.365 e. The van der Waals surface area contributed by atoms with E-state index in [4.69, 9.17) is 22.4 Å². The zero-order chi connectivity index (χ0) is 24.8. The summed E-state index contributed by atoms with van der Waals surface area (Å²) in [4.78, 5) is 15.2. The van der Waals surface area contributed by atoms with Gasteiger partial charge < -0.3 is 10.6 Å². The first kappa shape index (κ1) is 24.3. The molecule has 0 radical (unpaired) electrons. The van der Waals surface area contributed by atoms with Gasteiger partial charge in [-0.15, -0.1) is 0 Å². The molecule has 3 aromatic rings. The summed E-state index contributed by atoms with van der Waals surface area (Å²) in [5.41, 5.74) is 9.88. The Balaban J connectivity index is 2.11. The molecule has 1 aliphatic rings. The number of nitrogens with zero attached hydrogens (tertiary/aromatic N) is 3. The number of halogens is 1. The van der Waals surface area contributed by atoms with Crippen LogP contribution in [0.25, 0.3) is 0 Å². The van der Waals surface area contributed by atoms with Gasteiger partial charge in [-0.25, -0.2) is 4.68 Å². The minimum absolute atomic E-state index is 0.0633. The van der Waals surface area contributed by atoms with Gasteiger partial charge >= 0.3 is 0 Å². The maximum atomic E-state index is 12.8. The number of carbonyl (C=O) groups excluding carboxylic acids is 1. The molecule has 2 N–H and O–H groups in total. The minimum atomic E-state index is -0.454. The molecule has 4 rings (SSSR count). The Morgan fingerprint density at radius 2 is 1.74 bits per heavy atom. The lowest BCUT2D eigenvalue weighted by Crippen LogP contribution is -2.55. The first-order valence-corrected chi connectivity index (χ1v) is 12.5. The summed E-state index contributed by atoms with van der Waals surface area (Å²) < 4.78 is 2.02. The van der Waals surface area contributed by atoms with Crippen LogP contribution in [0.1, 0.15) is 85.7 Å². The number of hydrogen-bond donors (Lipinski definition) is 1. The van der Waals surface area contributed by atoms with E-state index in [2.05, 4.69) is 69.9 Å². The molecule has 1 atom stereocenters. The third-order valence-electron chi connectivity index (χ3n) is 7.57. The Morgan fingerprint density at radius 3 is 2.29 bits per heavy atom. The fourth-order valence-corrected chi connectivity index (χ4v) is 6.01. The first-order valence-electron chi connectivity index (χ1n) is 12.1. The molecule has 6 heteroatoms. The number of aryl methyl sites for hydroxylation is 2. The monoisotopic (exact) mass is 478 g/mol. The molecule has 0 aliphatic carbocycles. The molecule has 0 spiro atoms. The van der Waals surface area contributed by atoms with E-state index < -0.39 is 5.91 Å². The Hall–Kier alpha value is -2.79. The van der Waals surface area contributed by atoms with Crippen LogP contribution >= 0.6 is 11.6 Å². The summed E-state index contributed by atoms with van der Waals surface area (Å²) in [6.07, 6.45) is 2.48. The van der Waals surface area contributed by atoms with Crippen molar-refractivity contribution in [1.29, 1.82) is 0 Å². The molecule has 34 heavy (non-hydrogen) atoms. The third kappa shape index (κ3) is 3.70. The van der Waals surface area contributed by atoms with Crippen LogP contribution in [0.4, 0.5) is 5.82 Å². The summed E-state index contributed by atoms with van der Waals surface area (Å²) >= 11 is 6.81. The third-order valence-corrected chi connectivity index (χ3v) is 7.92. The van der Waals surface area contributed by atoms with Crippen molar-refractivity contribution in [3.63, 3.8) is 0 Å². The number of fused-ring (bicyclic) bond motifs is 1. The Labute approximate surface area is 207 Å². The van der Waals surface area contributed by atoms with Gasteiger partial charge in [-0.3, -0.25) is 4.79 Å². The number of aromatic nitrogens is 2. The fourth-order valence-electron chi connectivity index (χ4n) is 5.74. The molecule has 5 nitrogen and oxygen atoms in total. The molecule has 1 aromatic heterocycles. The second kappa shape index (κ2) is 8.77. The highest BCUT2D eigenvalue weighted by atomic mass is 35.5. The normalized spacial score (nSPS) is 17.5. The standard InChI is InChI=1S/C28H35ClN4O/c1-7-28(8-2,20-15-13-18(3)14-16-20)32-23(21-11-9-10-12-22(21)29)17-27(5,6)33-26(32)24(25(30)34)19(4)31-33/h9-16,23H,7-8,17H2,1-6H3,(H2,30,34). The molecule has 1 unspecified atom stereocenters. The van der Waals surface area contributed by atoms with Crippen LogP contribution in [-0.2, 0) is 11.1 Å². The van der Waals surface area contributed by atoms with Gasteiger partial charge in [0.1, 0.15) is 11.4 Å². The summed E-state index contributed by atoms with van der Waals surface area (Å²) in [6, 6.07) is 16.7. The van der Waals surface area contributed by atoms with Crippen molar-refractivity contribution in [2.24, 2.45) is 5.73 Å². The van der Waals surface area contributed by atoms with Crippen LogP contribution in [-0.4, -0.2) is 15.7 Å². The van der Waals surface area contributed by atoms with E-state index in [9.17, 15) is 4.79 Å². The van der Waals surface area contributed by atoms with Crippen molar-refractivity contribution in [3.8, 4) is 0 Å². The zero-order valence-electron chi connectivity index (χ0n) is 21.0. The summed E-state index contributed by atoms with van der Waals surface area (Å²) in [6.45, 7) is 12.7. The van der Waals surface area contributed by atoms with Crippen molar-refractivity contribution in [2.45, 2.75) is 77.9 Å². The number of hydrogen-bond acceptors (Lipinski definition) is 3. The van der Waals surface area contributed by atoms with Crippen molar-refractivity contribution in [2.75, 3.05) is 4.90 Å². The van der Waals surface area contributed by atoms with Crippen molar-refractivity contribution >= 4 is 23.3 Å². The van der Waals surface area contributed by atoms with Gasteiger partial charge in [-0.05, 0) is 64.2 Å². The molecule has 180 valence electrons. The summed E-state index contributed by atoms with van der Waals surface area (Å²) in [7, 11) is 0. The van der Waals surface area contributed by atoms with E-state index >= 15 is 0 Å². The van der Waals surface area contributed by atoms with Crippen LogP contribution in [0.15, 0.2) is 48.5 Å². The van der Waals surface area contributed by atoms with E-state index in [0.717, 1.165) is 35.7 Å². The Kier molecular flexibility index (Phi) is 6.28. The van der Waals surface area contributed by atoms with Gasteiger partial charge in [0.05, 0.1) is 22.8 Å². The van der Waals surface area contributed by atoms with Crippen LogP contribution in [0.2, 0.25) is 5.02 Å². The smallest absolute Gasteiger partial charge is 0.254 e. The predicted molar refractivity (Wildman–Crippen MR) is 140 cm³/mol. The molecule has 0 fully saturated rings. The first-order chi connectivity index (χ1) is 16.1. The predicted octanol–water partition coefficient (Wildman–Crippen LogP) is 6.65. The van der Waals surface area contributed by atoms with Gasteiger partial charge in [0.25, 0.3) is 5.91 Å². The number of carbonyl (C=O) groups is 1. The minimum Gasteiger partial charge on any atom is -0.365 e. The van der Waals surface area contributed by atoms with Gasteiger partial charge in [0.2, 0.25) is 0 Å². The number of anilines is 1. The number of rotatable bonds is 6. The van der Waals surface area contributed by atoms with E-state index in [-0.39, 0.29) is 17.1 Å². The SMILES string of the molecule is CCC(CC)(c1ccc(C)cc1)N1c2c(C(N)=O)c(C)nn2C(C)(C)CC1c1ccccc1Cl. The average molecular weight is 479 g/mol. The van der Waals surface area contributed by atoms with E-state index in [0.29, 0.717) is 11.3 Å². The maximum absolute atomic E-state index is 12.8. The van der Waals surface area contributed by atoms with E-state index in [1.807, 2.05) is 29.8 Å². The number of amides is 1. The molecular formula is C28H35ClN4O. The molecule has 0 saturated carbocycles. The van der Waals surface area contributed by atoms with Crippen LogP contribution in [0.3, 0.4) is 0 Å². The second-order valence-electron chi connectivity index (χ2n) is 10.1. The van der Waals surface area contributed by atoms with Gasteiger partial charge in [-0.1, -0.05) is 73.5 Å². The fraction of sp³-hybridized carbons (Fsp3) is 0.429. The molecule has 0 bridgehead atoms. The maximum Gasteiger partial charge on any atom is 0.254 e. The summed E-state index contributed by atoms with van der Waals surface area (Å²) in [5, 5.41) is 5.58. The van der Waals surface area contributed by atoms with Gasteiger partial charge in [-0.2, -0.15) is 5.10 Å². The molecule has 0 saturated heterocycles. The lowest BCUT2D eigenvalue weighted by molar-refractivity contribution is 0.0998. The van der Waals surface area contributed by atoms with Crippen molar-refractivity contribution in [3.05, 3.63) is 81.5 Å². The van der Waals surface area contributed by atoms with Crippen LogP contribution < -0.4 is 10.6 Å². The molecule has 1 amide bonds. The Bertz CT molecular complexity index is 1210. The quantitative estimate of drug-likeness (QED) is 0.431. The number of benzene rings is 2. The number of primary amides is 1. The second-order valence-corrected chi connectivity index (χ2v) is 10.5. The van der Waals surface area contributed by atoms with Crippen LogP contribution in [0, 0.1) is 13.8 Å². The van der Waals surface area contributed by atoms with E-state index in [1.165, 1.54) is 11.1 Å². The highest BCUT2D eigenvalue weighted by Gasteiger charge is 2.50. The lowest BCUT2D eigenvalue weighted by Gasteiger charge is -2.54. The van der Waals surface area contributed by atoms with Crippen molar-refractivity contribution < 1.29 is 4.79 Å². The van der Waals surface area contributed by atoms with Crippen LogP contribution in [0.5, 0.6) is 0 Å². The highest BCUT2D eigenvalue weighted by Crippen LogP contribution is 2.53. The topological polar surface area (TPSA) is 64.2 Å². The van der Waals surface area contributed by atoms with Gasteiger partial charge in [0.15, 0.2) is 0 Å². The van der Waals surface area contributed by atoms with E-state index in [1.54, 1.807) is 0 Å². The molecule has 2 heterocycles. The zero-order valence-corrected chi connectivity index (χ0v) is 21.8. The number of nitrogens with two attached hydrogens (primary N) is 1. The Morgan fingerprint density at radius 1 is 1.12 bits per heavy atom. The summed E-state index contributed by atoms with van der Waals surface area (Å²) in [5.74, 6) is 0.333. The molecule has 2 aromatic carbocycles. The lowest BCUT2D eigenvalue weighted by atomic mass is 9.77. The average Bonchev–Trinajstić information content (AvgIpc) is 3.15. The van der Waals surface area contributed by atoms with Crippen molar-refractivity contribution in [1.82, 2.24) is 9.78 Å². The van der Waals surface area contributed by atoms with Gasteiger partial charge in [0, 0.05) is 5.02 Å².